The summed E-state index contributed by atoms with van der Waals surface area (Å²) < 4.78 is 1.76. The number of aliphatic hydroxyl groups excluding tert-OH is 1. The lowest BCUT2D eigenvalue weighted by Crippen LogP contribution is -2.04. The van der Waals surface area contributed by atoms with Crippen LogP contribution in [-0.4, -0.2) is 24.6 Å². The molecule has 84 valence electrons. The van der Waals surface area contributed by atoms with Crippen LogP contribution in [0.2, 0.25) is 0 Å². The predicted molar refractivity (Wildman–Crippen MR) is 58.1 cm³/mol. The summed E-state index contributed by atoms with van der Waals surface area (Å²) in [6, 6.07) is 1.40. The largest absolute Gasteiger partial charge is 0.390 e. The van der Waals surface area contributed by atoms with Crippen LogP contribution in [0.15, 0.2) is 33.6 Å². The quantitative estimate of drug-likeness (QED) is 0.743. The Morgan fingerprint density at radius 2 is 2.38 bits per heavy atom. The molecular formula is C9H10N4O2S. The Morgan fingerprint density at radius 3 is 3.00 bits per heavy atom. The van der Waals surface area contributed by atoms with Gasteiger partial charge in [-0.1, -0.05) is 0 Å². The third kappa shape index (κ3) is 2.15. The number of H-pyrrole nitrogens is 1. The highest BCUT2D eigenvalue weighted by molar-refractivity contribution is 7.99. The topological polar surface area (TPSA) is 83.8 Å². The molecule has 2 aromatic rings. The third-order valence-electron chi connectivity index (χ3n) is 2.05. The standard InChI is InChI=1S/C9H10N4O2S/c1-13-6(4-14)3-10-9(13)16-8-2-7(15)11-5-12-8/h2-3,5,14H,4H2,1H3,(H,11,12,15). The summed E-state index contributed by atoms with van der Waals surface area (Å²) in [6.45, 7) is -0.0626. The van der Waals surface area contributed by atoms with Gasteiger partial charge >= 0.3 is 0 Å². The number of imidazole rings is 1. The first-order valence-electron chi connectivity index (χ1n) is 4.54. The molecule has 0 saturated heterocycles. The SMILES string of the molecule is Cn1c(CO)cnc1Sc1cc(=O)[nH]cn1. The minimum absolute atomic E-state index is 0.0626. The monoisotopic (exact) mass is 238 g/mol. The molecule has 0 aliphatic carbocycles. The minimum Gasteiger partial charge on any atom is -0.390 e. The number of nitrogens with zero attached hydrogens (tertiary/aromatic N) is 3. The first-order valence-corrected chi connectivity index (χ1v) is 5.36. The molecule has 0 saturated carbocycles. The maximum Gasteiger partial charge on any atom is 0.251 e. The zero-order valence-corrected chi connectivity index (χ0v) is 9.36. The number of nitrogens with one attached hydrogen (secondary N) is 1. The Morgan fingerprint density at radius 1 is 1.56 bits per heavy atom. The Bertz CT molecular complexity index is 548. The minimum atomic E-state index is -0.200. The zero-order valence-electron chi connectivity index (χ0n) is 8.54. The van der Waals surface area contributed by atoms with Gasteiger partial charge in [0.2, 0.25) is 0 Å². The lowest BCUT2D eigenvalue weighted by molar-refractivity contribution is 0.271. The van der Waals surface area contributed by atoms with E-state index in [1.165, 1.54) is 24.2 Å². The van der Waals surface area contributed by atoms with Crippen molar-refractivity contribution in [2.75, 3.05) is 0 Å². The van der Waals surface area contributed by atoms with Crippen molar-refractivity contribution in [1.82, 2.24) is 19.5 Å². The summed E-state index contributed by atoms with van der Waals surface area (Å²) in [5, 5.41) is 10.3. The van der Waals surface area contributed by atoms with Crippen LogP contribution < -0.4 is 5.56 Å². The van der Waals surface area contributed by atoms with Gasteiger partial charge in [0.1, 0.15) is 5.03 Å². The molecule has 2 aromatic heterocycles. The van der Waals surface area contributed by atoms with Gasteiger partial charge in [-0.25, -0.2) is 9.97 Å². The van der Waals surface area contributed by atoms with Gasteiger partial charge in [0.25, 0.3) is 5.56 Å². The first kappa shape index (κ1) is 10.9. The molecule has 0 unspecified atom stereocenters. The van der Waals surface area contributed by atoms with Crippen molar-refractivity contribution in [1.29, 1.82) is 0 Å². The van der Waals surface area contributed by atoms with Gasteiger partial charge in [0, 0.05) is 13.1 Å². The van der Waals surface area contributed by atoms with Gasteiger partial charge < -0.3 is 14.7 Å². The lowest BCUT2D eigenvalue weighted by atomic mass is 10.5. The average Bonchev–Trinajstić information content (AvgIpc) is 2.60. The van der Waals surface area contributed by atoms with Crippen molar-refractivity contribution < 1.29 is 5.11 Å². The molecule has 0 amide bonds. The predicted octanol–water partition coefficient (Wildman–Crippen LogP) is 0.147. The second-order valence-electron chi connectivity index (χ2n) is 3.10. The van der Waals surface area contributed by atoms with E-state index in [9.17, 15) is 4.79 Å². The van der Waals surface area contributed by atoms with E-state index in [2.05, 4.69) is 15.0 Å². The van der Waals surface area contributed by atoms with E-state index in [4.69, 9.17) is 5.11 Å². The number of aromatic amines is 1. The molecule has 0 bridgehead atoms. The van der Waals surface area contributed by atoms with Crippen molar-refractivity contribution in [3.05, 3.63) is 34.6 Å². The Hall–Kier alpha value is -1.60. The molecule has 7 heteroatoms. The molecule has 0 spiro atoms. The molecule has 0 fully saturated rings. The van der Waals surface area contributed by atoms with Gasteiger partial charge in [0.05, 0.1) is 24.8 Å². The number of aliphatic hydroxyl groups is 1. The normalized spacial score (nSPS) is 10.6. The van der Waals surface area contributed by atoms with Crippen molar-refractivity contribution in [2.45, 2.75) is 16.8 Å². The number of hydrogen-bond acceptors (Lipinski definition) is 5. The van der Waals surface area contributed by atoms with Gasteiger partial charge in [-0.2, -0.15) is 0 Å². The molecule has 16 heavy (non-hydrogen) atoms. The van der Waals surface area contributed by atoms with Crippen LogP contribution in [0.25, 0.3) is 0 Å². The van der Waals surface area contributed by atoms with Crippen LogP contribution in [0.1, 0.15) is 5.69 Å². The summed E-state index contributed by atoms with van der Waals surface area (Å²) in [6.07, 6.45) is 2.94. The van der Waals surface area contributed by atoms with E-state index in [1.807, 2.05) is 0 Å². The fraction of sp³-hybridized carbons (Fsp3) is 0.222. The van der Waals surface area contributed by atoms with Crippen molar-refractivity contribution in [3.8, 4) is 0 Å². The van der Waals surface area contributed by atoms with Crippen molar-refractivity contribution in [2.24, 2.45) is 7.05 Å². The van der Waals surface area contributed by atoms with E-state index in [-0.39, 0.29) is 12.2 Å². The number of rotatable bonds is 3. The van der Waals surface area contributed by atoms with Crippen LogP contribution in [0.5, 0.6) is 0 Å². The van der Waals surface area contributed by atoms with Crippen molar-refractivity contribution in [3.63, 3.8) is 0 Å². The highest BCUT2D eigenvalue weighted by Gasteiger charge is 2.08. The maximum atomic E-state index is 11.1. The fourth-order valence-corrected chi connectivity index (χ4v) is 1.99. The van der Waals surface area contributed by atoms with Gasteiger partial charge in [-0.3, -0.25) is 4.79 Å². The Kier molecular flexibility index (Phi) is 3.07. The average molecular weight is 238 g/mol. The highest BCUT2D eigenvalue weighted by atomic mass is 32.2. The van der Waals surface area contributed by atoms with Crippen LogP contribution in [-0.2, 0) is 13.7 Å². The van der Waals surface area contributed by atoms with Gasteiger partial charge in [-0.05, 0) is 11.8 Å². The van der Waals surface area contributed by atoms with E-state index >= 15 is 0 Å². The Labute approximate surface area is 95.4 Å². The van der Waals surface area contributed by atoms with E-state index in [0.717, 1.165) is 0 Å². The van der Waals surface area contributed by atoms with E-state index < -0.39 is 0 Å². The first-order chi connectivity index (χ1) is 7.70. The van der Waals surface area contributed by atoms with E-state index in [1.54, 1.807) is 17.8 Å². The highest BCUT2D eigenvalue weighted by Crippen LogP contribution is 2.23. The molecular weight excluding hydrogens is 228 g/mol. The summed E-state index contributed by atoms with van der Waals surface area (Å²) in [7, 11) is 1.80. The summed E-state index contributed by atoms with van der Waals surface area (Å²) in [5.41, 5.74) is 0.515. The second kappa shape index (κ2) is 4.50. The lowest BCUT2D eigenvalue weighted by Gasteiger charge is -2.02. The summed E-state index contributed by atoms with van der Waals surface area (Å²) >= 11 is 1.27. The third-order valence-corrected chi connectivity index (χ3v) is 3.05. The Balaban J connectivity index is 2.27. The van der Waals surface area contributed by atoms with Crippen LogP contribution in [0, 0.1) is 0 Å². The van der Waals surface area contributed by atoms with E-state index in [0.29, 0.717) is 15.9 Å². The summed E-state index contributed by atoms with van der Waals surface area (Å²) in [5.74, 6) is 0. The van der Waals surface area contributed by atoms with Crippen molar-refractivity contribution >= 4 is 11.8 Å². The van der Waals surface area contributed by atoms with Crippen LogP contribution >= 0.6 is 11.8 Å². The molecule has 2 heterocycles. The molecule has 0 aliphatic rings. The van der Waals surface area contributed by atoms with Crippen LogP contribution in [0.3, 0.4) is 0 Å². The number of hydrogen-bond donors (Lipinski definition) is 2. The molecule has 0 aromatic carbocycles. The molecule has 0 atom stereocenters. The molecule has 0 aliphatic heterocycles. The van der Waals surface area contributed by atoms with Gasteiger partial charge in [-0.15, -0.1) is 0 Å². The van der Waals surface area contributed by atoms with Crippen LogP contribution in [0.4, 0.5) is 0 Å². The molecule has 6 nitrogen and oxygen atoms in total. The molecule has 2 N–H and O–H groups in total. The van der Waals surface area contributed by atoms with Gasteiger partial charge in [0.15, 0.2) is 5.16 Å². The zero-order chi connectivity index (χ0) is 11.5. The maximum absolute atomic E-state index is 11.1. The smallest absolute Gasteiger partial charge is 0.251 e. The molecule has 0 radical (unpaired) electrons. The molecule has 2 rings (SSSR count). The summed E-state index contributed by atoms with van der Waals surface area (Å²) in [4.78, 5) is 21.6. The fourth-order valence-electron chi connectivity index (χ4n) is 1.17. The second-order valence-corrected chi connectivity index (χ2v) is 4.09. The number of aromatic nitrogens is 4.